The molecule has 24 heavy (non-hydrogen) atoms. The number of hydrogen-bond donors (Lipinski definition) is 1. The molecule has 0 spiro atoms. The van der Waals surface area contributed by atoms with Gasteiger partial charge in [-0.3, -0.25) is 0 Å². The molecule has 0 bridgehead atoms. The minimum Gasteiger partial charge on any atom is -0.489 e. The molecule has 130 valence electrons. The van der Waals surface area contributed by atoms with E-state index in [4.69, 9.17) is 4.74 Å². The summed E-state index contributed by atoms with van der Waals surface area (Å²) in [6.45, 7) is 2.29. The fraction of sp³-hybridized carbons (Fsp3) is 0.294. The van der Waals surface area contributed by atoms with E-state index in [0.717, 1.165) is 24.5 Å². The summed E-state index contributed by atoms with van der Waals surface area (Å²) >= 11 is 0. The molecule has 2 aromatic carbocycles. The van der Waals surface area contributed by atoms with Crippen LogP contribution >= 0.6 is 0 Å². The van der Waals surface area contributed by atoms with Gasteiger partial charge in [0.15, 0.2) is 21.4 Å². The average molecular weight is 355 g/mol. The molecule has 0 aromatic heterocycles. The first-order valence-corrected chi connectivity index (χ1v) is 9.28. The Morgan fingerprint density at radius 2 is 1.88 bits per heavy atom. The Bertz CT molecular complexity index is 809. The minimum absolute atomic E-state index is 0.117. The molecule has 4 nitrogen and oxygen atoms in total. The van der Waals surface area contributed by atoms with Gasteiger partial charge in [0.25, 0.3) is 0 Å². The molecule has 0 heterocycles. The molecule has 0 saturated heterocycles. The Morgan fingerprint density at radius 3 is 2.58 bits per heavy atom. The largest absolute Gasteiger partial charge is 0.489 e. The number of hydrogen-bond acceptors (Lipinski definition) is 4. The standard InChI is InChI=1S/C17H19F2NO3S/c1-12(14-5-3-4-6-17(14)24(2,21)22)20-9-10-23-16-11-13(18)7-8-15(16)19/h3-8,11-12,20H,9-10H2,1-2H3. The molecular weight excluding hydrogens is 336 g/mol. The smallest absolute Gasteiger partial charge is 0.175 e. The van der Waals surface area contributed by atoms with Crippen molar-refractivity contribution in [2.24, 2.45) is 0 Å². The summed E-state index contributed by atoms with van der Waals surface area (Å²) in [6.07, 6.45) is 1.16. The van der Waals surface area contributed by atoms with Crippen LogP contribution in [0.15, 0.2) is 47.4 Å². The summed E-state index contributed by atoms with van der Waals surface area (Å²) in [6, 6.07) is 9.49. The highest BCUT2D eigenvalue weighted by Gasteiger charge is 2.16. The van der Waals surface area contributed by atoms with Gasteiger partial charge in [0.2, 0.25) is 0 Å². The minimum atomic E-state index is -3.32. The number of rotatable bonds is 7. The fourth-order valence-electron chi connectivity index (χ4n) is 2.31. The lowest BCUT2D eigenvalue weighted by Gasteiger charge is -2.17. The summed E-state index contributed by atoms with van der Waals surface area (Å²) in [5, 5.41) is 3.11. The second-order valence-electron chi connectivity index (χ2n) is 5.41. The summed E-state index contributed by atoms with van der Waals surface area (Å²) < 4.78 is 55.3. The summed E-state index contributed by atoms with van der Waals surface area (Å²) in [5.74, 6) is -1.36. The van der Waals surface area contributed by atoms with Gasteiger partial charge in [-0.1, -0.05) is 18.2 Å². The first kappa shape index (κ1) is 18.4. The van der Waals surface area contributed by atoms with Crippen molar-refractivity contribution < 1.29 is 21.9 Å². The zero-order valence-corrected chi connectivity index (χ0v) is 14.2. The molecule has 0 fully saturated rings. The molecule has 0 aliphatic rings. The quantitative estimate of drug-likeness (QED) is 0.776. The number of halogens is 2. The number of ether oxygens (including phenoxy) is 1. The lowest BCUT2D eigenvalue weighted by atomic mass is 10.1. The van der Waals surface area contributed by atoms with Crippen molar-refractivity contribution >= 4 is 9.84 Å². The first-order chi connectivity index (χ1) is 11.3. The van der Waals surface area contributed by atoms with E-state index in [0.29, 0.717) is 12.1 Å². The number of sulfone groups is 1. The van der Waals surface area contributed by atoms with E-state index in [9.17, 15) is 17.2 Å². The van der Waals surface area contributed by atoms with Crippen LogP contribution in [-0.2, 0) is 9.84 Å². The van der Waals surface area contributed by atoms with E-state index in [1.807, 2.05) is 6.92 Å². The van der Waals surface area contributed by atoms with Crippen molar-refractivity contribution in [3.8, 4) is 5.75 Å². The van der Waals surface area contributed by atoms with Crippen LogP contribution in [0.3, 0.4) is 0 Å². The predicted octanol–water partition coefficient (Wildman–Crippen LogP) is 3.10. The van der Waals surface area contributed by atoms with Crippen LogP contribution < -0.4 is 10.1 Å². The van der Waals surface area contributed by atoms with Crippen LogP contribution in [-0.4, -0.2) is 27.8 Å². The molecule has 1 atom stereocenters. The van der Waals surface area contributed by atoms with Crippen LogP contribution in [0.2, 0.25) is 0 Å². The van der Waals surface area contributed by atoms with Gasteiger partial charge in [-0.05, 0) is 30.7 Å². The molecule has 7 heteroatoms. The molecule has 0 aliphatic heterocycles. The van der Waals surface area contributed by atoms with E-state index in [1.54, 1.807) is 24.3 Å². The Hall–Kier alpha value is -1.99. The molecule has 0 radical (unpaired) electrons. The summed E-state index contributed by atoms with van der Waals surface area (Å²) in [7, 11) is -3.32. The predicted molar refractivity (Wildman–Crippen MR) is 87.8 cm³/mol. The lowest BCUT2D eigenvalue weighted by Crippen LogP contribution is -2.25. The van der Waals surface area contributed by atoms with Crippen LogP contribution in [0.1, 0.15) is 18.5 Å². The van der Waals surface area contributed by atoms with Crippen LogP contribution in [0.5, 0.6) is 5.75 Å². The molecule has 1 N–H and O–H groups in total. The zero-order chi connectivity index (χ0) is 17.7. The maximum Gasteiger partial charge on any atom is 0.175 e. The molecule has 0 amide bonds. The Labute approximate surface area is 140 Å². The average Bonchev–Trinajstić information content (AvgIpc) is 2.53. The second kappa shape index (κ2) is 7.72. The highest BCUT2D eigenvalue weighted by molar-refractivity contribution is 7.90. The SMILES string of the molecule is CC(NCCOc1cc(F)ccc1F)c1ccccc1S(C)(=O)=O. The van der Waals surface area contributed by atoms with E-state index >= 15 is 0 Å². The third kappa shape index (κ3) is 4.75. The van der Waals surface area contributed by atoms with Crippen molar-refractivity contribution in [3.05, 3.63) is 59.7 Å². The monoisotopic (exact) mass is 355 g/mol. The molecule has 1 unspecified atom stereocenters. The van der Waals surface area contributed by atoms with E-state index < -0.39 is 21.5 Å². The maximum atomic E-state index is 13.4. The highest BCUT2D eigenvalue weighted by atomic mass is 32.2. The van der Waals surface area contributed by atoms with Gasteiger partial charge in [0.05, 0.1) is 4.90 Å². The number of benzene rings is 2. The Morgan fingerprint density at radius 1 is 1.17 bits per heavy atom. The fourth-order valence-corrected chi connectivity index (χ4v) is 3.31. The van der Waals surface area contributed by atoms with Crippen molar-refractivity contribution in [2.45, 2.75) is 17.9 Å². The summed E-state index contributed by atoms with van der Waals surface area (Å²) in [5.41, 5.74) is 0.650. The molecule has 0 aliphatic carbocycles. The molecule has 2 aromatic rings. The van der Waals surface area contributed by atoms with E-state index in [1.165, 1.54) is 0 Å². The van der Waals surface area contributed by atoms with Crippen LogP contribution in [0.25, 0.3) is 0 Å². The third-order valence-corrected chi connectivity index (χ3v) is 4.66. The normalized spacial score (nSPS) is 12.8. The molecular formula is C17H19F2NO3S. The number of nitrogens with one attached hydrogen (secondary N) is 1. The maximum absolute atomic E-state index is 13.4. The second-order valence-corrected chi connectivity index (χ2v) is 7.39. The van der Waals surface area contributed by atoms with E-state index in [2.05, 4.69) is 5.32 Å². The Balaban J connectivity index is 1.95. The third-order valence-electron chi connectivity index (χ3n) is 3.49. The van der Waals surface area contributed by atoms with Crippen LogP contribution in [0.4, 0.5) is 8.78 Å². The van der Waals surface area contributed by atoms with Crippen molar-refractivity contribution in [2.75, 3.05) is 19.4 Å². The first-order valence-electron chi connectivity index (χ1n) is 7.39. The van der Waals surface area contributed by atoms with Gasteiger partial charge in [-0.25, -0.2) is 17.2 Å². The van der Waals surface area contributed by atoms with Gasteiger partial charge in [0.1, 0.15) is 12.4 Å². The van der Waals surface area contributed by atoms with Crippen molar-refractivity contribution in [1.29, 1.82) is 0 Å². The zero-order valence-electron chi connectivity index (χ0n) is 13.4. The van der Waals surface area contributed by atoms with Crippen molar-refractivity contribution in [3.63, 3.8) is 0 Å². The van der Waals surface area contributed by atoms with Crippen LogP contribution in [0, 0.1) is 11.6 Å². The lowest BCUT2D eigenvalue weighted by molar-refractivity contribution is 0.291. The molecule has 2 rings (SSSR count). The van der Waals surface area contributed by atoms with E-state index in [-0.39, 0.29) is 23.3 Å². The van der Waals surface area contributed by atoms with Crippen molar-refractivity contribution in [1.82, 2.24) is 5.32 Å². The highest BCUT2D eigenvalue weighted by Crippen LogP contribution is 2.22. The topological polar surface area (TPSA) is 55.4 Å². The van der Waals surface area contributed by atoms with Gasteiger partial charge in [-0.2, -0.15) is 0 Å². The van der Waals surface area contributed by atoms with Gasteiger partial charge in [0, 0.05) is 24.9 Å². The van der Waals surface area contributed by atoms with Gasteiger partial charge in [-0.15, -0.1) is 0 Å². The van der Waals surface area contributed by atoms with Gasteiger partial charge >= 0.3 is 0 Å². The Kier molecular flexibility index (Phi) is 5.90. The van der Waals surface area contributed by atoms with Gasteiger partial charge < -0.3 is 10.1 Å². The summed E-state index contributed by atoms with van der Waals surface area (Å²) in [4.78, 5) is 0.266. The molecule has 0 saturated carbocycles.